The number of carbonyl (C=O) groups excluding carboxylic acids is 1. The zero-order valence-electron chi connectivity index (χ0n) is 11.9. The maximum Gasteiger partial charge on any atom is 0.252 e. The Morgan fingerprint density at radius 1 is 1.38 bits per heavy atom. The van der Waals surface area contributed by atoms with Crippen LogP contribution in [-0.4, -0.2) is 17.4 Å². The summed E-state index contributed by atoms with van der Waals surface area (Å²) in [5.74, 6) is 5.56. The first-order valence-corrected chi connectivity index (χ1v) is 6.67. The Bertz CT molecular complexity index is 684. The van der Waals surface area contributed by atoms with Gasteiger partial charge in [0.05, 0.1) is 12.1 Å². The maximum atomic E-state index is 12.3. The number of aryl methyl sites for hydroxylation is 1. The molecule has 0 fully saturated rings. The SMILES string of the molecule is Cc1ccc(C#CCN)c(C(=O)NCc2cccnc2)c1. The predicted octanol–water partition coefficient (Wildman–Crippen LogP) is 1.63. The van der Waals surface area contributed by atoms with E-state index in [-0.39, 0.29) is 12.5 Å². The molecule has 2 aromatic rings. The van der Waals surface area contributed by atoms with E-state index in [9.17, 15) is 4.79 Å². The molecule has 0 aliphatic carbocycles. The van der Waals surface area contributed by atoms with Crippen LogP contribution < -0.4 is 11.1 Å². The maximum absolute atomic E-state index is 12.3. The molecule has 0 radical (unpaired) electrons. The summed E-state index contributed by atoms with van der Waals surface area (Å²) in [5.41, 5.74) is 8.61. The summed E-state index contributed by atoms with van der Waals surface area (Å²) in [4.78, 5) is 16.3. The molecule has 2 rings (SSSR count). The third kappa shape index (κ3) is 4.16. The lowest BCUT2D eigenvalue weighted by Gasteiger charge is -2.08. The average molecular weight is 279 g/mol. The highest BCUT2D eigenvalue weighted by atomic mass is 16.1. The fraction of sp³-hybridized carbons (Fsp3) is 0.176. The van der Waals surface area contributed by atoms with Crippen LogP contribution in [0.15, 0.2) is 42.7 Å². The van der Waals surface area contributed by atoms with Crippen LogP contribution >= 0.6 is 0 Å². The molecule has 4 heteroatoms. The molecule has 1 aromatic heterocycles. The number of benzene rings is 1. The van der Waals surface area contributed by atoms with Gasteiger partial charge in [0.15, 0.2) is 0 Å². The zero-order chi connectivity index (χ0) is 15.1. The molecule has 0 spiro atoms. The molecule has 1 heterocycles. The number of hydrogen-bond donors (Lipinski definition) is 2. The van der Waals surface area contributed by atoms with Crippen LogP contribution in [0.5, 0.6) is 0 Å². The van der Waals surface area contributed by atoms with Gasteiger partial charge in [0.1, 0.15) is 0 Å². The molecular weight excluding hydrogens is 262 g/mol. The minimum absolute atomic E-state index is 0.149. The third-order valence-electron chi connectivity index (χ3n) is 2.92. The van der Waals surface area contributed by atoms with Gasteiger partial charge in [-0.25, -0.2) is 0 Å². The van der Waals surface area contributed by atoms with Gasteiger partial charge in [-0.05, 0) is 30.7 Å². The molecule has 0 saturated carbocycles. The molecule has 4 nitrogen and oxygen atoms in total. The molecule has 3 N–H and O–H groups in total. The third-order valence-corrected chi connectivity index (χ3v) is 2.92. The Morgan fingerprint density at radius 3 is 2.95 bits per heavy atom. The fourth-order valence-electron chi connectivity index (χ4n) is 1.88. The van der Waals surface area contributed by atoms with Crippen molar-refractivity contribution in [2.45, 2.75) is 13.5 Å². The first-order valence-electron chi connectivity index (χ1n) is 6.67. The highest BCUT2D eigenvalue weighted by Gasteiger charge is 2.10. The molecule has 0 aliphatic rings. The lowest BCUT2D eigenvalue weighted by Crippen LogP contribution is -2.23. The summed E-state index contributed by atoms with van der Waals surface area (Å²) < 4.78 is 0. The van der Waals surface area contributed by atoms with Crippen molar-refractivity contribution in [3.63, 3.8) is 0 Å². The zero-order valence-corrected chi connectivity index (χ0v) is 11.9. The van der Waals surface area contributed by atoms with Gasteiger partial charge in [0, 0.05) is 24.5 Å². The standard InChI is InChI=1S/C17H17N3O/c1-13-6-7-15(5-2-8-18)16(10-13)17(21)20-12-14-4-3-9-19-11-14/h3-4,6-7,9-11H,8,12,18H2,1H3,(H,20,21). The van der Waals surface area contributed by atoms with E-state index >= 15 is 0 Å². The molecule has 0 aliphatic heterocycles. The second-order valence-electron chi connectivity index (χ2n) is 4.60. The second kappa shape index (κ2) is 7.22. The monoisotopic (exact) mass is 279 g/mol. The van der Waals surface area contributed by atoms with Crippen molar-refractivity contribution in [3.05, 3.63) is 65.0 Å². The number of nitrogens with one attached hydrogen (secondary N) is 1. The van der Waals surface area contributed by atoms with E-state index in [2.05, 4.69) is 22.1 Å². The van der Waals surface area contributed by atoms with E-state index in [1.54, 1.807) is 12.4 Å². The minimum atomic E-state index is -0.149. The first kappa shape index (κ1) is 14.8. The van der Waals surface area contributed by atoms with Gasteiger partial charge in [0.25, 0.3) is 5.91 Å². The summed E-state index contributed by atoms with van der Waals surface area (Å²) in [6, 6.07) is 9.36. The van der Waals surface area contributed by atoms with E-state index in [4.69, 9.17) is 5.73 Å². The topological polar surface area (TPSA) is 68.0 Å². The van der Waals surface area contributed by atoms with Crippen LogP contribution in [0.2, 0.25) is 0 Å². The van der Waals surface area contributed by atoms with Crippen molar-refractivity contribution in [2.24, 2.45) is 5.73 Å². The number of amides is 1. The number of pyridine rings is 1. The number of rotatable bonds is 3. The molecular formula is C17H17N3O. The van der Waals surface area contributed by atoms with Gasteiger partial charge in [-0.1, -0.05) is 29.5 Å². The van der Waals surface area contributed by atoms with Gasteiger partial charge in [-0.3, -0.25) is 9.78 Å². The quantitative estimate of drug-likeness (QED) is 0.839. The number of nitrogens with zero attached hydrogens (tertiary/aromatic N) is 1. The highest BCUT2D eigenvalue weighted by molar-refractivity contribution is 5.96. The number of hydrogen-bond acceptors (Lipinski definition) is 3. The van der Waals surface area contributed by atoms with Crippen LogP contribution in [0.1, 0.15) is 27.0 Å². The molecule has 1 aromatic carbocycles. The van der Waals surface area contributed by atoms with Crippen LogP contribution in [0.4, 0.5) is 0 Å². The van der Waals surface area contributed by atoms with Crippen LogP contribution in [-0.2, 0) is 6.54 Å². The second-order valence-corrected chi connectivity index (χ2v) is 4.60. The fourth-order valence-corrected chi connectivity index (χ4v) is 1.88. The van der Waals surface area contributed by atoms with Gasteiger partial charge in [-0.15, -0.1) is 0 Å². The Morgan fingerprint density at radius 2 is 2.24 bits per heavy atom. The van der Waals surface area contributed by atoms with E-state index in [1.807, 2.05) is 37.3 Å². The Hall–Kier alpha value is -2.64. The van der Waals surface area contributed by atoms with Gasteiger partial charge < -0.3 is 11.1 Å². The predicted molar refractivity (Wildman–Crippen MR) is 82.5 cm³/mol. The molecule has 1 amide bonds. The summed E-state index contributed by atoms with van der Waals surface area (Å²) in [6.07, 6.45) is 3.43. The largest absolute Gasteiger partial charge is 0.348 e. The Balaban J connectivity index is 2.16. The molecule has 0 unspecified atom stereocenters. The van der Waals surface area contributed by atoms with E-state index in [0.29, 0.717) is 17.7 Å². The lowest BCUT2D eigenvalue weighted by molar-refractivity contribution is 0.0950. The van der Waals surface area contributed by atoms with E-state index in [0.717, 1.165) is 11.1 Å². The number of nitrogens with two attached hydrogens (primary N) is 1. The van der Waals surface area contributed by atoms with Crippen LogP contribution in [0, 0.1) is 18.8 Å². The molecule has 21 heavy (non-hydrogen) atoms. The van der Waals surface area contributed by atoms with Crippen molar-refractivity contribution < 1.29 is 4.79 Å². The van der Waals surface area contributed by atoms with Crippen molar-refractivity contribution >= 4 is 5.91 Å². The molecule has 0 saturated heterocycles. The molecule has 0 atom stereocenters. The summed E-state index contributed by atoms with van der Waals surface area (Å²) in [5, 5.41) is 2.88. The number of aromatic nitrogens is 1. The summed E-state index contributed by atoms with van der Waals surface area (Å²) in [7, 11) is 0. The van der Waals surface area contributed by atoms with Crippen molar-refractivity contribution in [1.82, 2.24) is 10.3 Å². The lowest BCUT2D eigenvalue weighted by atomic mass is 10.0. The van der Waals surface area contributed by atoms with Crippen molar-refractivity contribution in [3.8, 4) is 11.8 Å². The Labute approximate surface area is 124 Å². The summed E-state index contributed by atoms with van der Waals surface area (Å²) in [6.45, 7) is 2.65. The van der Waals surface area contributed by atoms with Gasteiger partial charge in [0.2, 0.25) is 0 Å². The highest BCUT2D eigenvalue weighted by Crippen LogP contribution is 2.11. The van der Waals surface area contributed by atoms with Gasteiger partial charge in [-0.2, -0.15) is 0 Å². The van der Waals surface area contributed by atoms with E-state index < -0.39 is 0 Å². The van der Waals surface area contributed by atoms with Crippen molar-refractivity contribution in [1.29, 1.82) is 0 Å². The normalized spacial score (nSPS) is 9.62. The van der Waals surface area contributed by atoms with Crippen molar-refractivity contribution in [2.75, 3.05) is 6.54 Å². The minimum Gasteiger partial charge on any atom is -0.348 e. The first-order chi connectivity index (χ1) is 10.2. The van der Waals surface area contributed by atoms with Crippen LogP contribution in [0.25, 0.3) is 0 Å². The van der Waals surface area contributed by atoms with E-state index in [1.165, 1.54) is 0 Å². The Kier molecular flexibility index (Phi) is 5.08. The average Bonchev–Trinajstić information content (AvgIpc) is 2.52. The summed E-state index contributed by atoms with van der Waals surface area (Å²) >= 11 is 0. The smallest absolute Gasteiger partial charge is 0.252 e. The molecule has 106 valence electrons. The number of carbonyl (C=O) groups is 1. The van der Waals surface area contributed by atoms with Crippen LogP contribution in [0.3, 0.4) is 0 Å². The molecule has 0 bridgehead atoms. The van der Waals surface area contributed by atoms with Gasteiger partial charge >= 0.3 is 0 Å².